The van der Waals surface area contributed by atoms with E-state index in [1.165, 1.54) is 74.8 Å². The van der Waals surface area contributed by atoms with E-state index in [0.717, 1.165) is 16.8 Å². The number of hydrogen-bond acceptors (Lipinski definition) is 2. The van der Waals surface area contributed by atoms with Crippen molar-refractivity contribution in [3.05, 3.63) is 157 Å². The van der Waals surface area contributed by atoms with Crippen molar-refractivity contribution in [2.45, 2.75) is 13.8 Å². The summed E-state index contributed by atoms with van der Waals surface area (Å²) in [5.41, 5.74) is 8.16. The van der Waals surface area contributed by atoms with Crippen LogP contribution in [0.2, 0.25) is 0 Å². The van der Waals surface area contributed by atoms with Crippen molar-refractivity contribution < 1.29 is 0 Å². The van der Waals surface area contributed by atoms with Crippen LogP contribution in [0.1, 0.15) is 19.4 Å². The van der Waals surface area contributed by atoms with Crippen LogP contribution in [0.4, 0.5) is 0 Å². The van der Waals surface area contributed by atoms with E-state index in [1.54, 1.807) is 0 Å². The second-order valence-corrected chi connectivity index (χ2v) is 12.6. The van der Waals surface area contributed by atoms with Gasteiger partial charge < -0.3 is 0 Å². The SMILES string of the molecule is C=CC(=C(C)C=CC)c1c2ccccc2c(-c2ccc3ccccc3c2)c2cc(-c3nccc4c3sc3ccccc34)ccc12. The molecule has 2 heteroatoms. The van der Waals surface area contributed by atoms with Crippen LogP contribution in [0.5, 0.6) is 0 Å². The first-order valence-electron chi connectivity index (χ1n) is 15.4. The number of allylic oxidation sites excluding steroid dienone is 5. The second-order valence-electron chi connectivity index (χ2n) is 11.6. The third-order valence-electron chi connectivity index (χ3n) is 8.94. The van der Waals surface area contributed by atoms with Gasteiger partial charge in [-0.15, -0.1) is 11.3 Å². The van der Waals surface area contributed by atoms with Crippen molar-refractivity contribution in [1.29, 1.82) is 0 Å². The van der Waals surface area contributed by atoms with Gasteiger partial charge in [0.15, 0.2) is 0 Å². The molecule has 0 spiro atoms. The molecule has 0 amide bonds. The molecule has 1 nitrogen and oxygen atoms in total. The summed E-state index contributed by atoms with van der Waals surface area (Å²) in [5, 5.41) is 9.90. The summed E-state index contributed by atoms with van der Waals surface area (Å²) < 4.78 is 2.51. The summed E-state index contributed by atoms with van der Waals surface area (Å²) >= 11 is 1.82. The number of benzene rings is 6. The van der Waals surface area contributed by atoms with E-state index in [4.69, 9.17) is 4.98 Å². The molecule has 0 saturated heterocycles. The second kappa shape index (κ2) is 11.0. The number of aromatic nitrogens is 1. The maximum absolute atomic E-state index is 4.99. The Balaban J connectivity index is 1.52. The van der Waals surface area contributed by atoms with E-state index in [2.05, 4.69) is 148 Å². The maximum atomic E-state index is 4.99. The highest BCUT2D eigenvalue weighted by Crippen LogP contribution is 2.46. The van der Waals surface area contributed by atoms with Crippen LogP contribution in [0.3, 0.4) is 0 Å². The fourth-order valence-electron chi connectivity index (χ4n) is 6.93. The van der Waals surface area contributed by atoms with Gasteiger partial charge in [0.1, 0.15) is 0 Å². The molecule has 0 atom stereocenters. The number of fused-ring (bicyclic) bond motifs is 6. The molecule has 2 aromatic heterocycles. The van der Waals surface area contributed by atoms with Crippen LogP contribution in [0, 0.1) is 0 Å². The van der Waals surface area contributed by atoms with Crippen LogP contribution >= 0.6 is 11.3 Å². The molecule has 8 aromatic rings. The molecule has 0 saturated carbocycles. The smallest absolute Gasteiger partial charge is 0.0880 e. The minimum atomic E-state index is 1.03. The molecule has 0 bridgehead atoms. The molecule has 0 aliphatic carbocycles. The highest BCUT2D eigenvalue weighted by molar-refractivity contribution is 7.26. The van der Waals surface area contributed by atoms with Gasteiger partial charge >= 0.3 is 0 Å². The molecular formula is C43H31NS. The zero-order valence-electron chi connectivity index (χ0n) is 25.3. The topological polar surface area (TPSA) is 12.9 Å². The Labute approximate surface area is 267 Å². The number of nitrogens with zero attached hydrogens (tertiary/aromatic N) is 1. The monoisotopic (exact) mass is 593 g/mol. The van der Waals surface area contributed by atoms with Gasteiger partial charge in [-0.05, 0) is 98.3 Å². The van der Waals surface area contributed by atoms with Gasteiger partial charge in [-0.1, -0.05) is 116 Å². The predicted octanol–water partition coefficient (Wildman–Crippen LogP) is 12.8. The Hall–Kier alpha value is -5.31. The van der Waals surface area contributed by atoms with E-state index < -0.39 is 0 Å². The first-order chi connectivity index (χ1) is 22.2. The Kier molecular flexibility index (Phi) is 6.66. The Morgan fingerprint density at radius 3 is 2.20 bits per heavy atom. The van der Waals surface area contributed by atoms with Gasteiger partial charge in [-0.3, -0.25) is 4.98 Å². The lowest BCUT2D eigenvalue weighted by atomic mass is 9.83. The van der Waals surface area contributed by atoms with Gasteiger partial charge in [0.25, 0.3) is 0 Å². The van der Waals surface area contributed by atoms with Gasteiger partial charge in [0, 0.05) is 27.2 Å². The molecule has 0 radical (unpaired) electrons. The number of rotatable bonds is 5. The van der Waals surface area contributed by atoms with Crippen LogP contribution in [-0.4, -0.2) is 4.98 Å². The molecule has 2 heterocycles. The van der Waals surface area contributed by atoms with Crippen LogP contribution in [0.15, 0.2) is 152 Å². The number of pyridine rings is 1. The maximum Gasteiger partial charge on any atom is 0.0880 e. The fourth-order valence-corrected chi connectivity index (χ4v) is 8.14. The van der Waals surface area contributed by atoms with E-state index in [-0.39, 0.29) is 0 Å². The highest BCUT2D eigenvalue weighted by Gasteiger charge is 2.20. The molecule has 45 heavy (non-hydrogen) atoms. The van der Waals surface area contributed by atoms with E-state index in [1.807, 2.05) is 23.6 Å². The lowest BCUT2D eigenvalue weighted by Crippen LogP contribution is -1.95. The lowest BCUT2D eigenvalue weighted by Gasteiger charge is -2.20. The molecule has 0 unspecified atom stereocenters. The van der Waals surface area contributed by atoms with Crippen molar-refractivity contribution in [3.8, 4) is 22.4 Å². The zero-order valence-corrected chi connectivity index (χ0v) is 26.2. The largest absolute Gasteiger partial charge is 0.255 e. The minimum Gasteiger partial charge on any atom is -0.255 e. The predicted molar refractivity (Wildman–Crippen MR) is 198 cm³/mol. The van der Waals surface area contributed by atoms with E-state index in [9.17, 15) is 0 Å². The molecular weight excluding hydrogens is 563 g/mol. The standard InChI is InChI=1S/C43H31NS/c1-4-12-27(3)32(5-2)41-35-17-9-8-16-34(35)40(30-20-19-28-13-6-7-14-29(28)25-30)38-26-31(21-22-36(38)41)42-43-37(23-24-44-42)33-15-10-11-18-39(33)45-43/h4-26H,2H2,1,3H3. The molecule has 0 aliphatic rings. The first kappa shape index (κ1) is 27.3. The quantitative estimate of drug-likeness (QED) is 0.143. The minimum absolute atomic E-state index is 1.03. The summed E-state index contributed by atoms with van der Waals surface area (Å²) in [7, 11) is 0. The molecule has 0 N–H and O–H groups in total. The third-order valence-corrected chi connectivity index (χ3v) is 10.1. The summed E-state index contributed by atoms with van der Waals surface area (Å²) in [5.74, 6) is 0. The van der Waals surface area contributed by atoms with Gasteiger partial charge in [-0.2, -0.15) is 0 Å². The van der Waals surface area contributed by atoms with Crippen molar-refractivity contribution in [2.75, 3.05) is 0 Å². The van der Waals surface area contributed by atoms with Crippen LogP contribution in [0.25, 0.3) is 80.4 Å². The van der Waals surface area contributed by atoms with E-state index >= 15 is 0 Å². The van der Waals surface area contributed by atoms with Crippen molar-refractivity contribution in [1.82, 2.24) is 4.98 Å². The Morgan fingerprint density at radius 1 is 0.667 bits per heavy atom. The Bertz CT molecular complexity index is 2520. The average Bonchev–Trinajstić information content (AvgIpc) is 3.47. The Morgan fingerprint density at radius 2 is 1.38 bits per heavy atom. The molecule has 214 valence electrons. The number of thiophene rings is 1. The van der Waals surface area contributed by atoms with Gasteiger partial charge in [-0.25, -0.2) is 0 Å². The lowest BCUT2D eigenvalue weighted by molar-refractivity contribution is 1.37. The summed E-state index contributed by atoms with van der Waals surface area (Å²) in [6.45, 7) is 8.53. The normalized spacial score (nSPS) is 12.6. The molecule has 0 fully saturated rings. The highest BCUT2D eigenvalue weighted by atomic mass is 32.1. The summed E-state index contributed by atoms with van der Waals surface area (Å²) in [6.07, 6.45) is 8.24. The fraction of sp³-hybridized carbons (Fsp3) is 0.0465. The third kappa shape index (κ3) is 4.41. The van der Waals surface area contributed by atoms with Gasteiger partial charge in [0.2, 0.25) is 0 Å². The average molecular weight is 594 g/mol. The molecule has 6 aromatic carbocycles. The van der Waals surface area contributed by atoms with Crippen LogP contribution in [-0.2, 0) is 0 Å². The molecule has 0 aliphatic heterocycles. The van der Waals surface area contributed by atoms with Gasteiger partial charge in [0.05, 0.1) is 10.4 Å². The molecule has 8 rings (SSSR count). The van der Waals surface area contributed by atoms with Crippen molar-refractivity contribution >= 4 is 69.4 Å². The zero-order chi connectivity index (χ0) is 30.5. The first-order valence-corrected chi connectivity index (χ1v) is 16.2. The number of hydrogen-bond donors (Lipinski definition) is 0. The van der Waals surface area contributed by atoms with Crippen molar-refractivity contribution in [3.63, 3.8) is 0 Å². The van der Waals surface area contributed by atoms with E-state index in [0.29, 0.717) is 0 Å². The van der Waals surface area contributed by atoms with Crippen molar-refractivity contribution in [2.24, 2.45) is 0 Å². The van der Waals surface area contributed by atoms with Crippen LogP contribution < -0.4 is 0 Å². The summed E-state index contributed by atoms with van der Waals surface area (Å²) in [6, 6.07) is 42.0. The summed E-state index contributed by atoms with van der Waals surface area (Å²) in [4.78, 5) is 4.99.